The SMILES string of the molecule is CCOC(=O)C1CCN(C(=O)c2c(C)c(C(C)=O)c(C)n2Cc2ccc(F)cc2)CC1. The number of hydrogen-bond donors (Lipinski definition) is 0. The number of likely N-dealkylation sites (tertiary alicyclic amines) is 1. The van der Waals surface area contributed by atoms with Gasteiger partial charge in [0, 0.05) is 30.9 Å². The predicted molar refractivity (Wildman–Crippen MR) is 115 cm³/mol. The zero-order valence-corrected chi connectivity index (χ0v) is 18.5. The van der Waals surface area contributed by atoms with Crippen molar-refractivity contribution in [3.8, 4) is 0 Å². The molecule has 31 heavy (non-hydrogen) atoms. The second-order valence-electron chi connectivity index (χ2n) is 8.02. The van der Waals surface area contributed by atoms with Crippen molar-refractivity contribution in [3.63, 3.8) is 0 Å². The number of aromatic nitrogens is 1. The zero-order valence-electron chi connectivity index (χ0n) is 18.5. The molecule has 0 radical (unpaired) electrons. The van der Waals surface area contributed by atoms with Crippen LogP contribution in [0.15, 0.2) is 24.3 Å². The molecule has 0 unspecified atom stereocenters. The molecule has 1 fully saturated rings. The van der Waals surface area contributed by atoms with E-state index in [2.05, 4.69) is 0 Å². The topological polar surface area (TPSA) is 68.6 Å². The van der Waals surface area contributed by atoms with Gasteiger partial charge in [0.1, 0.15) is 11.5 Å². The summed E-state index contributed by atoms with van der Waals surface area (Å²) in [6.45, 7) is 8.53. The van der Waals surface area contributed by atoms with E-state index in [0.29, 0.717) is 55.9 Å². The van der Waals surface area contributed by atoms with Crippen molar-refractivity contribution in [1.29, 1.82) is 0 Å². The van der Waals surface area contributed by atoms with Crippen LogP contribution in [-0.2, 0) is 16.1 Å². The lowest BCUT2D eigenvalue weighted by Gasteiger charge is -2.31. The van der Waals surface area contributed by atoms with Crippen molar-refractivity contribution in [1.82, 2.24) is 9.47 Å². The van der Waals surface area contributed by atoms with Crippen LogP contribution in [0, 0.1) is 25.6 Å². The van der Waals surface area contributed by atoms with E-state index in [1.54, 1.807) is 30.9 Å². The molecule has 0 saturated carbocycles. The van der Waals surface area contributed by atoms with Gasteiger partial charge in [0.2, 0.25) is 0 Å². The monoisotopic (exact) mass is 428 g/mol. The first-order valence-electron chi connectivity index (χ1n) is 10.7. The summed E-state index contributed by atoms with van der Waals surface area (Å²) < 4.78 is 20.3. The number of amides is 1. The van der Waals surface area contributed by atoms with E-state index < -0.39 is 0 Å². The average Bonchev–Trinajstić information content (AvgIpc) is 2.99. The maximum Gasteiger partial charge on any atom is 0.309 e. The Bertz CT molecular complexity index is 986. The highest BCUT2D eigenvalue weighted by molar-refractivity contribution is 6.03. The summed E-state index contributed by atoms with van der Waals surface area (Å²) in [6, 6.07) is 6.12. The number of nitrogens with zero attached hydrogens (tertiary/aromatic N) is 2. The van der Waals surface area contributed by atoms with Gasteiger partial charge in [0.05, 0.1) is 12.5 Å². The van der Waals surface area contributed by atoms with Crippen molar-refractivity contribution in [2.24, 2.45) is 5.92 Å². The average molecular weight is 429 g/mol. The standard InChI is InChI=1S/C24H29FN2O4/c1-5-31-24(30)19-10-12-26(13-11-19)23(29)22-15(2)21(17(4)28)16(3)27(22)14-18-6-8-20(25)9-7-18/h6-9,19H,5,10-14H2,1-4H3. The van der Waals surface area contributed by atoms with E-state index in [9.17, 15) is 18.8 Å². The Balaban J connectivity index is 1.90. The molecule has 7 heteroatoms. The minimum Gasteiger partial charge on any atom is -0.466 e. The summed E-state index contributed by atoms with van der Waals surface area (Å²) in [5.74, 6) is -0.972. The van der Waals surface area contributed by atoms with Crippen molar-refractivity contribution in [2.75, 3.05) is 19.7 Å². The molecule has 2 aromatic rings. The molecule has 1 amide bonds. The summed E-state index contributed by atoms with van der Waals surface area (Å²) in [6.07, 6.45) is 1.11. The number of carbonyl (C=O) groups is 3. The number of piperidine rings is 1. The molecule has 1 aromatic carbocycles. The van der Waals surface area contributed by atoms with Crippen LogP contribution in [0.3, 0.4) is 0 Å². The Kier molecular flexibility index (Phi) is 6.93. The first kappa shape index (κ1) is 22.7. The first-order chi connectivity index (χ1) is 14.7. The number of ether oxygens (including phenoxy) is 1. The van der Waals surface area contributed by atoms with Crippen LogP contribution in [0.2, 0.25) is 0 Å². The quantitative estimate of drug-likeness (QED) is 0.517. The molecule has 1 aliphatic heterocycles. The Morgan fingerprint density at radius 2 is 1.71 bits per heavy atom. The van der Waals surface area contributed by atoms with Crippen molar-refractivity contribution in [3.05, 3.63) is 58.2 Å². The molecule has 0 spiro atoms. The molecular formula is C24H29FN2O4. The maximum atomic E-state index is 13.5. The van der Waals surface area contributed by atoms with E-state index in [4.69, 9.17) is 4.74 Å². The fourth-order valence-electron chi connectivity index (χ4n) is 4.39. The van der Waals surface area contributed by atoms with Crippen molar-refractivity contribution >= 4 is 17.7 Å². The number of benzene rings is 1. The van der Waals surface area contributed by atoms with Crippen molar-refractivity contribution < 1.29 is 23.5 Å². The predicted octanol–water partition coefficient (Wildman–Crippen LogP) is 3.91. The third-order valence-corrected chi connectivity index (χ3v) is 5.98. The fraction of sp³-hybridized carbons (Fsp3) is 0.458. The Hall–Kier alpha value is -2.96. The van der Waals surface area contributed by atoms with Crippen LogP contribution in [0.4, 0.5) is 4.39 Å². The van der Waals surface area contributed by atoms with E-state index >= 15 is 0 Å². The molecule has 0 N–H and O–H groups in total. The molecule has 2 heterocycles. The van der Waals surface area contributed by atoms with Gasteiger partial charge in [-0.2, -0.15) is 0 Å². The van der Waals surface area contributed by atoms with Crippen molar-refractivity contribution in [2.45, 2.75) is 47.1 Å². The summed E-state index contributed by atoms with van der Waals surface area (Å²) in [5, 5.41) is 0. The lowest BCUT2D eigenvalue weighted by Crippen LogP contribution is -2.41. The molecular weight excluding hydrogens is 399 g/mol. The highest BCUT2D eigenvalue weighted by Crippen LogP contribution is 2.27. The summed E-state index contributed by atoms with van der Waals surface area (Å²) >= 11 is 0. The Labute approximate surface area is 182 Å². The fourth-order valence-corrected chi connectivity index (χ4v) is 4.39. The maximum absolute atomic E-state index is 13.5. The number of hydrogen-bond acceptors (Lipinski definition) is 4. The number of ketones is 1. The van der Waals surface area contributed by atoms with E-state index in [1.165, 1.54) is 19.1 Å². The largest absolute Gasteiger partial charge is 0.466 e. The minimum absolute atomic E-state index is 0.0945. The zero-order chi connectivity index (χ0) is 22.7. The van der Waals surface area contributed by atoms with Gasteiger partial charge in [0.25, 0.3) is 5.91 Å². The van der Waals surface area contributed by atoms with E-state index in [1.807, 2.05) is 11.5 Å². The molecule has 1 saturated heterocycles. The van der Waals surface area contributed by atoms with Crippen LogP contribution in [0.5, 0.6) is 0 Å². The summed E-state index contributed by atoms with van der Waals surface area (Å²) in [4.78, 5) is 39.5. The van der Waals surface area contributed by atoms with Gasteiger partial charge in [0.15, 0.2) is 5.78 Å². The number of esters is 1. The van der Waals surface area contributed by atoms with E-state index in [-0.39, 0.29) is 29.4 Å². The molecule has 1 aromatic heterocycles. The minimum atomic E-state index is -0.325. The van der Waals surface area contributed by atoms with Crippen LogP contribution in [0.1, 0.15) is 64.4 Å². The third-order valence-electron chi connectivity index (χ3n) is 5.98. The second kappa shape index (κ2) is 9.45. The van der Waals surface area contributed by atoms with Crippen LogP contribution < -0.4 is 0 Å². The van der Waals surface area contributed by atoms with Gasteiger partial charge in [-0.3, -0.25) is 14.4 Å². The molecule has 166 valence electrons. The van der Waals surface area contributed by atoms with E-state index in [0.717, 1.165) is 11.3 Å². The molecule has 0 aliphatic carbocycles. The number of Topliss-reactive ketones (excluding diaryl/α,β-unsaturated/α-hetero) is 1. The third kappa shape index (κ3) is 4.70. The smallest absolute Gasteiger partial charge is 0.309 e. The summed E-state index contributed by atoms with van der Waals surface area (Å²) in [5.41, 5.74) is 3.24. The van der Waals surface area contributed by atoms with Gasteiger partial charge < -0.3 is 14.2 Å². The van der Waals surface area contributed by atoms with Crippen LogP contribution >= 0.6 is 0 Å². The number of halogens is 1. The van der Waals surface area contributed by atoms with Gasteiger partial charge in [-0.05, 0) is 63.8 Å². The Morgan fingerprint density at radius 3 is 2.26 bits per heavy atom. The Morgan fingerprint density at radius 1 is 1.10 bits per heavy atom. The van der Waals surface area contributed by atoms with Gasteiger partial charge in [-0.25, -0.2) is 4.39 Å². The molecule has 0 bridgehead atoms. The summed E-state index contributed by atoms with van der Waals surface area (Å²) in [7, 11) is 0. The molecule has 6 nitrogen and oxygen atoms in total. The van der Waals surface area contributed by atoms with Crippen LogP contribution in [-0.4, -0.2) is 46.8 Å². The normalized spacial score (nSPS) is 14.5. The van der Waals surface area contributed by atoms with Gasteiger partial charge >= 0.3 is 5.97 Å². The molecule has 3 rings (SSSR count). The van der Waals surface area contributed by atoms with Gasteiger partial charge in [-0.15, -0.1) is 0 Å². The number of rotatable bonds is 6. The first-order valence-corrected chi connectivity index (χ1v) is 10.7. The lowest BCUT2D eigenvalue weighted by molar-refractivity contribution is -0.149. The second-order valence-corrected chi connectivity index (χ2v) is 8.02. The molecule has 0 atom stereocenters. The lowest BCUT2D eigenvalue weighted by atomic mass is 9.96. The highest BCUT2D eigenvalue weighted by Gasteiger charge is 2.32. The number of carbonyl (C=O) groups excluding carboxylic acids is 3. The van der Waals surface area contributed by atoms with Crippen LogP contribution in [0.25, 0.3) is 0 Å². The highest BCUT2D eigenvalue weighted by atomic mass is 19.1. The molecule has 1 aliphatic rings. The van der Waals surface area contributed by atoms with Gasteiger partial charge in [-0.1, -0.05) is 12.1 Å².